The number of benzene rings is 2. The van der Waals surface area contributed by atoms with Gasteiger partial charge in [0.15, 0.2) is 0 Å². The number of aliphatic hydroxyl groups is 1. The van der Waals surface area contributed by atoms with Crippen LogP contribution >= 0.6 is 15.9 Å². The first-order chi connectivity index (χ1) is 11.1. The molecule has 0 aliphatic rings. The van der Waals surface area contributed by atoms with E-state index in [0.717, 1.165) is 27.8 Å². The first-order valence-electron chi connectivity index (χ1n) is 7.93. The van der Waals surface area contributed by atoms with E-state index in [1.165, 1.54) is 5.56 Å². The van der Waals surface area contributed by atoms with Gasteiger partial charge in [-0.3, -0.25) is 0 Å². The molecule has 124 valence electrons. The van der Waals surface area contributed by atoms with Crippen LogP contribution in [0.2, 0.25) is 0 Å². The molecule has 0 radical (unpaired) electrons. The summed E-state index contributed by atoms with van der Waals surface area (Å²) in [6.45, 7) is 5.50. The molecule has 0 heterocycles. The molecule has 0 bridgehead atoms. The summed E-state index contributed by atoms with van der Waals surface area (Å²) in [4.78, 5) is 0. The van der Waals surface area contributed by atoms with Crippen LogP contribution < -0.4 is 10.1 Å². The summed E-state index contributed by atoms with van der Waals surface area (Å²) in [6.07, 6.45) is 0.893. The fourth-order valence-electron chi connectivity index (χ4n) is 2.26. The highest BCUT2D eigenvalue weighted by atomic mass is 79.9. The molecule has 0 spiro atoms. The van der Waals surface area contributed by atoms with Gasteiger partial charge in [0.1, 0.15) is 12.4 Å². The van der Waals surface area contributed by atoms with Crippen molar-refractivity contribution >= 4 is 15.9 Å². The van der Waals surface area contributed by atoms with E-state index < -0.39 is 0 Å². The fraction of sp³-hybridized carbons (Fsp3) is 0.368. The van der Waals surface area contributed by atoms with Crippen molar-refractivity contribution in [3.05, 3.63) is 63.6 Å². The first kappa shape index (κ1) is 18.0. The van der Waals surface area contributed by atoms with Crippen molar-refractivity contribution in [1.82, 2.24) is 5.32 Å². The molecule has 2 aromatic carbocycles. The number of nitrogens with one attached hydrogen (secondary N) is 1. The van der Waals surface area contributed by atoms with Crippen molar-refractivity contribution in [3.63, 3.8) is 0 Å². The third-order valence-electron chi connectivity index (χ3n) is 3.83. The van der Waals surface area contributed by atoms with E-state index in [2.05, 4.69) is 65.4 Å². The van der Waals surface area contributed by atoms with Gasteiger partial charge in [-0.1, -0.05) is 52.7 Å². The number of rotatable bonds is 8. The van der Waals surface area contributed by atoms with Gasteiger partial charge in [-0.05, 0) is 37.1 Å². The monoisotopic (exact) mass is 377 g/mol. The van der Waals surface area contributed by atoms with Gasteiger partial charge >= 0.3 is 0 Å². The minimum atomic E-state index is 0.110. The molecule has 23 heavy (non-hydrogen) atoms. The average molecular weight is 378 g/mol. The van der Waals surface area contributed by atoms with E-state index in [9.17, 15) is 5.11 Å². The van der Waals surface area contributed by atoms with E-state index in [-0.39, 0.29) is 12.6 Å². The number of aliphatic hydroxyl groups excluding tert-OH is 1. The summed E-state index contributed by atoms with van der Waals surface area (Å²) < 4.78 is 7.02. The highest BCUT2D eigenvalue weighted by molar-refractivity contribution is 9.10. The van der Waals surface area contributed by atoms with E-state index in [0.29, 0.717) is 13.2 Å². The lowest BCUT2D eigenvalue weighted by atomic mass is 10.1. The van der Waals surface area contributed by atoms with Crippen LogP contribution in [0.3, 0.4) is 0 Å². The summed E-state index contributed by atoms with van der Waals surface area (Å²) in [7, 11) is 0. The molecule has 0 saturated heterocycles. The van der Waals surface area contributed by atoms with E-state index in [1.807, 2.05) is 12.1 Å². The molecule has 3 nitrogen and oxygen atoms in total. The molecular formula is C19H24BrNO2. The van der Waals surface area contributed by atoms with Crippen molar-refractivity contribution in [2.75, 3.05) is 6.61 Å². The van der Waals surface area contributed by atoms with E-state index >= 15 is 0 Å². The van der Waals surface area contributed by atoms with Gasteiger partial charge in [0.05, 0.1) is 6.61 Å². The van der Waals surface area contributed by atoms with Crippen molar-refractivity contribution in [3.8, 4) is 5.75 Å². The van der Waals surface area contributed by atoms with Crippen LogP contribution in [-0.4, -0.2) is 17.8 Å². The zero-order valence-corrected chi connectivity index (χ0v) is 15.3. The molecule has 0 unspecified atom stereocenters. The molecule has 0 saturated carbocycles. The maximum absolute atomic E-state index is 9.30. The second-order valence-corrected chi connectivity index (χ2v) is 6.61. The predicted molar refractivity (Wildman–Crippen MR) is 97.7 cm³/mol. The normalized spacial score (nSPS) is 12.2. The predicted octanol–water partition coefficient (Wildman–Crippen LogP) is 4.20. The van der Waals surface area contributed by atoms with Gasteiger partial charge in [-0.25, -0.2) is 0 Å². The van der Waals surface area contributed by atoms with Crippen LogP contribution in [0.1, 0.15) is 30.0 Å². The molecule has 0 aliphatic heterocycles. The number of ether oxygens (including phenoxy) is 1. The van der Waals surface area contributed by atoms with Crippen LogP contribution in [0.5, 0.6) is 5.75 Å². The van der Waals surface area contributed by atoms with Gasteiger partial charge in [0.2, 0.25) is 0 Å². The summed E-state index contributed by atoms with van der Waals surface area (Å²) in [5.41, 5.74) is 3.48. The fourth-order valence-corrected chi connectivity index (χ4v) is 2.67. The Morgan fingerprint density at radius 2 is 1.91 bits per heavy atom. The molecule has 2 rings (SSSR count). The Hall–Kier alpha value is -1.36. The SMILES string of the molecule is CC[C@@H](CO)NCc1cc(Br)ccc1OCc1ccc(C)cc1. The Morgan fingerprint density at radius 1 is 1.17 bits per heavy atom. The lowest BCUT2D eigenvalue weighted by molar-refractivity contribution is 0.237. The molecule has 2 N–H and O–H groups in total. The topological polar surface area (TPSA) is 41.5 Å². The number of aryl methyl sites for hydroxylation is 1. The Balaban J connectivity index is 2.04. The van der Waals surface area contributed by atoms with Crippen LogP contribution in [0.4, 0.5) is 0 Å². The van der Waals surface area contributed by atoms with Gasteiger partial charge in [-0.15, -0.1) is 0 Å². The van der Waals surface area contributed by atoms with E-state index in [4.69, 9.17) is 4.74 Å². The number of halogens is 1. The Morgan fingerprint density at radius 3 is 2.57 bits per heavy atom. The van der Waals surface area contributed by atoms with Crippen molar-refractivity contribution < 1.29 is 9.84 Å². The third-order valence-corrected chi connectivity index (χ3v) is 4.33. The molecule has 0 aliphatic carbocycles. The van der Waals surface area contributed by atoms with Crippen LogP contribution in [0.25, 0.3) is 0 Å². The summed E-state index contributed by atoms with van der Waals surface area (Å²) >= 11 is 3.51. The maximum Gasteiger partial charge on any atom is 0.124 e. The third kappa shape index (κ3) is 5.65. The van der Waals surface area contributed by atoms with Crippen molar-refractivity contribution in [2.45, 2.75) is 39.5 Å². The highest BCUT2D eigenvalue weighted by Gasteiger charge is 2.09. The van der Waals surface area contributed by atoms with Gasteiger partial charge < -0.3 is 15.2 Å². The minimum Gasteiger partial charge on any atom is -0.489 e. The molecular weight excluding hydrogens is 354 g/mol. The van der Waals surface area contributed by atoms with Crippen molar-refractivity contribution in [1.29, 1.82) is 0 Å². The summed E-state index contributed by atoms with van der Waals surface area (Å²) in [6, 6.07) is 14.5. The zero-order chi connectivity index (χ0) is 16.7. The van der Waals surface area contributed by atoms with Gasteiger partial charge in [-0.2, -0.15) is 0 Å². The van der Waals surface area contributed by atoms with Crippen LogP contribution in [0, 0.1) is 6.92 Å². The van der Waals surface area contributed by atoms with Gasteiger partial charge in [0.25, 0.3) is 0 Å². The molecule has 0 aromatic heterocycles. The van der Waals surface area contributed by atoms with Crippen molar-refractivity contribution in [2.24, 2.45) is 0 Å². The standard InChI is InChI=1S/C19H24BrNO2/c1-3-18(12-22)21-11-16-10-17(20)8-9-19(16)23-13-15-6-4-14(2)5-7-15/h4-10,18,21-22H,3,11-13H2,1-2H3/t18-/m0/s1. The molecule has 4 heteroatoms. The lowest BCUT2D eigenvalue weighted by Gasteiger charge is -2.17. The number of hydrogen-bond acceptors (Lipinski definition) is 3. The molecule has 1 atom stereocenters. The average Bonchev–Trinajstić information content (AvgIpc) is 2.56. The Labute approximate surface area is 146 Å². The highest BCUT2D eigenvalue weighted by Crippen LogP contribution is 2.24. The summed E-state index contributed by atoms with van der Waals surface area (Å²) in [5.74, 6) is 0.870. The van der Waals surface area contributed by atoms with Gasteiger partial charge in [0, 0.05) is 22.6 Å². The first-order valence-corrected chi connectivity index (χ1v) is 8.72. The quantitative estimate of drug-likeness (QED) is 0.724. The molecule has 0 fully saturated rings. The summed E-state index contributed by atoms with van der Waals surface area (Å²) in [5, 5.41) is 12.7. The lowest BCUT2D eigenvalue weighted by Crippen LogP contribution is -2.31. The maximum atomic E-state index is 9.30. The molecule has 0 amide bonds. The Kier molecular flexibility index (Phi) is 7.09. The minimum absolute atomic E-state index is 0.110. The Bertz CT molecular complexity index is 609. The van der Waals surface area contributed by atoms with Crippen LogP contribution in [-0.2, 0) is 13.2 Å². The smallest absolute Gasteiger partial charge is 0.124 e. The number of hydrogen-bond donors (Lipinski definition) is 2. The largest absolute Gasteiger partial charge is 0.489 e. The second kappa shape index (κ2) is 9.06. The molecule has 2 aromatic rings. The van der Waals surface area contributed by atoms with E-state index in [1.54, 1.807) is 0 Å². The zero-order valence-electron chi connectivity index (χ0n) is 13.7. The van der Waals surface area contributed by atoms with Crippen LogP contribution in [0.15, 0.2) is 46.9 Å². The second-order valence-electron chi connectivity index (χ2n) is 5.69.